The number of rotatable bonds is 7. The van der Waals surface area contributed by atoms with E-state index in [0.29, 0.717) is 32.2 Å². The zero-order chi connectivity index (χ0) is 24.8. The fraction of sp³-hybridized carbons (Fsp3) is 0.773. The summed E-state index contributed by atoms with van der Waals surface area (Å²) < 4.78 is 5.30. The molecule has 1 aliphatic carbocycles. The molecule has 11 heteroatoms. The zero-order valence-electron chi connectivity index (χ0n) is 20.2. The molecule has 5 amide bonds. The summed E-state index contributed by atoms with van der Waals surface area (Å²) in [5.74, 6) is -0.868. The van der Waals surface area contributed by atoms with Crippen molar-refractivity contribution < 1.29 is 28.7 Å². The minimum absolute atomic E-state index is 0.0730. The lowest BCUT2D eigenvalue weighted by Crippen LogP contribution is -2.62. The van der Waals surface area contributed by atoms with E-state index in [4.69, 9.17) is 4.74 Å². The average molecular weight is 468 g/mol. The molecule has 2 unspecified atom stereocenters. The van der Waals surface area contributed by atoms with Gasteiger partial charge in [-0.05, 0) is 59.8 Å². The lowest BCUT2D eigenvalue weighted by molar-refractivity contribution is -0.137. The summed E-state index contributed by atoms with van der Waals surface area (Å²) in [6, 6.07) is -1.31. The Labute approximate surface area is 194 Å². The summed E-state index contributed by atoms with van der Waals surface area (Å²) in [6.45, 7) is 7.46. The highest BCUT2D eigenvalue weighted by Gasteiger charge is 2.39. The summed E-state index contributed by atoms with van der Waals surface area (Å²) in [5, 5.41) is 10.9. The average Bonchev–Trinajstić information content (AvgIpc) is 2.73. The summed E-state index contributed by atoms with van der Waals surface area (Å²) in [6.07, 6.45) is 2.69. The summed E-state index contributed by atoms with van der Waals surface area (Å²) >= 11 is 0. The van der Waals surface area contributed by atoms with E-state index < -0.39 is 41.3 Å². The molecule has 4 N–H and O–H groups in total. The van der Waals surface area contributed by atoms with Crippen LogP contribution in [-0.4, -0.2) is 72.6 Å². The van der Waals surface area contributed by atoms with Crippen molar-refractivity contribution in [3.63, 3.8) is 0 Å². The van der Waals surface area contributed by atoms with E-state index in [-0.39, 0.29) is 24.8 Å². The van der Waals surface area contributed by atoms with Crippen molar-refractivity contribution in [3.8, 4) is 0 Å². The lowest BCUT2D eigenvalue weighted by Gasteiger charge is -2.40. The molecule has 186 valence electrons. The number of imide groups is 1. The highest BCUT2D eigenvalue weighted by Crippen LogP contribution is 2.34. The van der Waals surface area contributed by atoms with Gasteiger partial charge >= 0.3 is 12.1 Å². The van der Waals surface area contributed by atoms with Crippen LogP contribution in [0.3, 0.4) is 0 Å². The monoisotopic (exact) mass is 467 g/mol. The van der Waals surface area contributed by atoms with Crippen molar-refractivity contribution in [2.75, 3.05) is 13.6 Å². The number of nitrogens with zero attached hydrogens (tertiary/aromatic N) is 1. The van der Waals surface area contributed by atoms with Gasteiger partial charge in [-0.15, -0.1) is 0 Å². The van der Waals surface area contributed by atoms with Gasteiger partial charge in [0, 0.05) is 31.5 Å². The third-order valence-electron chi connectivity index (χ3n) is 6.11. The minimum Gasteiger partial charge on any atom is -0.444 e. The van der Waals surface area contributed by atoms with Crippen LogP contribution in [0.2, 0.25) is 0 Å². The Morgan fingerprint density at radius 1 is 1.24 bits per heavy atom. The molecule has 1 saturated heterocycles. The largest absolute Gasteiger partial charge is 0.444 e. The number of piperidine rings is 1. The molecule has 2 fully saturated rings. The van der Waals surface area contributed by atoms with Gasteiger partial charge < -0.3 is 20.2 Å². The van der Waals surface area contributed by atoms with Gasteiger partial charge in [0.1, 0.15) is 17.9 Å². The topological polar surface area (TPSA) is 146 Å². The molecule has 1 saturated carbocycles. The van der Waals surface area contributed by atoms with Crippen LogP contribution in [0.5, 0.6) is 0 Å². The van der Waals surface area contributed by atoms with Crippen LogP contribution in [0.15, 0.2) is 0 Å². The molecule has 11 nitrogen and oxygen atoms in total. The van der Waals surface area contributed by atoms with E-state index in [1.807, 2.05) is 0 Å². The molecule has 2 rings (SSSR count). The molecular weight excluding hydrogens is 430 g/mol. The Hall–Kier alpha value is -2.69. The number of carbonyl (C=O) groups excluding carboxylic acids is 5. The Morgan fingerprint density at radius 2 is 1.88 bits per heavy atom. The van der Waals surface area contributed by atoms with Gasteiger partial charge in [0.15, 0.2) is 0 Å². The van der Waals surface area contributed by atoms with Crippen molar-refractivity contribution in [2.45, 2.75) is 90.1 Å². The maximum Gasteiger partial charge on any atom is 0.407 e. The Balaban J connectivity index is 1.96. The highest BCUT2D eigenvalue weighted by atomic mass is 16.6. The van der Waals surface area contributed by atoms with Crippen molar-refractivity contribution in [3.05, 3.63) is 0 Å². The summed E-state index contributed by atoms with van der Waals surface area (Å²) in [5.41, 5.74) is -1.22. The first kappa shape index (κ1) is 26.6. The van der Waals surface area contributed by atoms with E-state index in [0.717, 1.165) is 6.29 Å². The molecule has 0 bridgehead atoms. The normalized spacial score (nSPS) is 26.6. The van der Waals surface area contributed by atoms with Crippen molar-refractivity contribution in [2.24, 2.45) is 5.41 Å². The standard InChI is InChI=1S/C22H37N5O6/c1-14(27(19(31)23-5)16-6-7-17(29)26-18(16)30)24-12-22(13-28)10-8-15(9-11-22)25-20(32)33-21(2,3)4/h13-16,24H,6-12H2,1-5H3,(H,23,31)(H,25,32)(H,26,29,30). The van der Waals surface area contributed by atoms with E-state index in [1.54, 1.807) is 27.7 Å². The van der Waals surface area contributed by atoms with Gasteiger partial charge in [-0.2, -0.15) is 0 Å². The molecule has 0 radical (unpaired) electrons. The fourth-order valence-electron chi connectivity index (χ4n) is 4.26. The van der Waals surface area contributed by atoms with Crippen LogP contribution in [0.1, 0.15) is 66.2 Å². The number of carbonyl (C=O) groups is 5. The maximum absolute atomic E-state index is 12.5. The molecule has 2 aliphatic rings. The maximum atomic E-state index is 12.5. The van der Waals surface area contributed by atoms with Gasteiger partial charge in [-0.25, -0.2) is 9.59 Å². The molecule has 33 heavy (non-hydrogen) atoms. The van der Waals surface area contributed by atoms with E-state index >= 15 is 0 Å². The fourth-order valence-corrected chi connectivity index (χ4v) is 4.26. The Bertz CT molecular complexity index is 757. The first-order valence-electron chi connectivity index (χ1n) is 11.4. The first-order valence-corrected chi connectivity index (χ1v) is 11.4. The number of hydrogen-bond donors (Lipinski definition) is 4. The van der Waals surface area contributed by atoms with Gasteiger partial charge in [0.25, 0.3) is 0 Å². The number of ether oxygens (including phenoxy) is 1. The quantitative estimate of drug-likeness (QED) is 0.248. The summed E-state index contributed by atoms with van der Waals surface area (Å²) in [4.78, 5) is 61.7. The second-order valence-electron chi connectivity index (χ2n) is 9.89. The van der Waals surface area contributed by atoms with E-state index in [9.17, 15) is 24.0 Å². The predicted molar refractivity (Wildman–Crippen MR) is 120 cm³/mol. The van der Waals surface area contributed by atoms with Gasteiger partial charge in [-0.3, -0.25) is 25.1 Å². The van der Waals surface area contributed by atoms with Gasteiger partial charge in [-0.1, -0.05) is 0 Å². The van der Waals surface area contributed by atoms with Crippen molar-refractivity contribution in [1.29, 1.82) is 0 Å². The molecule has 0 aromatic carbocycles. The Kier molecular flexibility index (Phi) is 8.82. The number of aldehydes is 1. The summed E-state index contributed by atoms with van der Waals surface area (Å²) in [7, 11) is 1.47. The van der Waals surface area contributed by atoms with Crippen molar-refractivity contribution >= 4 is 30.2 Å². The second-order valence-corrected chi connectivity index (χ2v) is 9.89. The number of nitrogens with one attached hydrogen (secondary N) is 4. The van der Waals surface area contributed by atoms with Crippen LogP contribution in [0.25, 0.3) is 0 Å². The van der Waals surface area contributed by atoms with Crippen LogP contribution in [0, 0.1) is 5.41 Å². The van der Waals surface area contributed by atoms with E-state index in [2.05, 4.69) is 21.3 Å². The van der Waals surface area contributed by atoms with E-state index in [1.165, 1.54) is 11.9 Å². The van der Waals surface area contributed by atoms with Crippen LogP contribution in [0.4, 0.5) is 9.59 Å². The second kappa shape index (κ2) is 11.0. The number of alkyl carbamates (subject to hydrolysis) is 1. The van der Waals surface area contributed by atoms with Crippen LogP contribution in [-0.2, 0) is 19.1 Å². The highest BCUT2D eigenvalue weighted by molar-refractivity contribution is 6.01. The molecule has 0 aromatic heterocycles. The SMILES string of the molecule is CNC(=O)N(C(C)NCC1(C=O)CCC(NC(=O)OC(C)(C)C)CC1)C1CCC(=O)NC1=O. The van der Waals surface area contributed by atoms with Gasteiger partial charge in [0.2, 0.25) is 11.8 Å². The zero-order valence-corrected chi connectivity index (χ0v) is 20.2. The first-order chi connectivity index (χ1) is 15.4. The molecule has 2 atom stereocenters. The predicted octanol–water partition coefficient (Wildman–Crippen LogP) is 1.02. The smallest absolute Gasteiger partial charge is 0.407 e. The Morgan fingerprint density at radius 3 is 2.39 bits per heavy atom. The number of urea groups is 1. The minimum atomic E-state index is -0.786. The molecular formula is C22H37N5O6. The number of hydrogen-bond acceptors (Lipinski definition) is 7. The molecule has 0 spiro atoms. The molecule has 0 aromatic rings. The lowest BCUT2D eigenvalue weighted by atomic mass is 9.73. The molecule has 1 heterocycles. The van der Waals surface area contributed by atoms with Crippen molar-refractivity contribution in [1.82, 2.24) is 26.2 Å². The third kappa shape index (κ3) is 7.41. The number of amides is 5. The van der Waals surface area contributed by atoms with Crippen LogP contribution >= 0.6 is 0 Å². The van der Waals surface area contributed by atoms with Crippen LogP contribution < -0.4 is 21.3 Å². The van der Waals surface area contributed by atoms with Gasteiger partial charge in [0.05, 0.1) is 6.17 Å². The molecule has 1 aliphatic heterocycles. The third-order valence-corrected chi connectivity index (χ3v) is 6.11.